The predicted octanol–water partition coefficient (Wildman–Crippen LogP) is 2.29. The summed E-state index contributed by atoms with van der Waals surface area (Å²) in [4.78, 5) is 1.74. The molecular formula is C7H13BrO2. The molecule has 0 saturated heterocycles. The van der Waals surface area contributed by atoms with Crippen LogP contribution in [-0.2, 0) is 9.47 Å². The fourth-order valence-corrected chi connectivity index (χ4v) is 0.796. The van der Waals surface area contributed by atoms with E-state index in [1.165, 1.54) is 0 Å². The zero-order valence-corrected chi connectivity index (χ0v) is 7.93. The zero-order valence-electron chi connectivity index (χ0n) is 6.34. The van der Waals surface area contributed by atoms with Gasteiger partial charge in [-0.25, -0.2) is 0 Å². The van der Waals surface area contributed by atoms with Crippen LogP contribution in [-0.4, -0.2) is 19.5 Å². The van der Waals surface area contributed by atoms with Crippen LogP contribution in [0.5, 0.6) is 0 Å². The van der Waals surface area contributed by atoms with Gasteiger partial charge in [-0.15, -0.1) is 0 Å². The Labute approximate surface area is 70.3 Å². The quantitative estimate of drug-likeness (QED) is 0.646. The second-order valence-corrected chi connectivity index (χ2v) is 2.13. The van der Waals surface area contributed by atoms with E-state index in [1.807, 2.05) is 19.9 Å². The molecule has 0 aliphatic carbocycles. The Bertz CT molecular complexity index is 87.6. The number of rotatable bonds is 5. The second-order valence-electron chi connectivity index (χ2n) is 1.60. The molecule has 0 unspecified atom stereocenters. The van der Waals surface area contributed by atoms with Crippen molar-refractivity contribution in [3.05, 3.63) is 11.1 Å². The number of halogens is 1. The zero-order chi connectivity index (χ0) is 7.82. The molecule has 0 aromatic carbocycles. The van der Waals surface area contributed by atoms with E-state index in [2.05, 4.69) is 15.9 Å². The van der Waals surface area contributed by atoms with Crippen molar-refractivity contribution in [1.29, 1.82) is 0 Å². The Kier molecular flexibility index (Phi) is 7.35. The van der Waals surface area contributed by atoms with Crippen molar-refractivity contribution in [1.82, 2.24) is 0 Å². The molecule has 0 aliphatic heterocycles. The van der Waals surface area contributed by atoms with Crippen LogP contribution in [0.15, 0.2) is 11.1 Å². The Morgan fingerprint density at radius 2 is 1.80 bits per heavy atom. The maximum atomic E-state index is 5.18. The van der Waals surface area contributed by atoms with E-state index in [9.17, 15) is 0 Å². The minimum Gasteiger partial charge on any atom is -0.349 e. The fourth-order valence-electron chi connectivity index (χ4n) is 0.547. The largest absolute Gasteiger partial charge is 0.349 e. The first-order valence-electron chi connectivity index (χ1n) is 3.35. The van der Waals surface area contributed by atoms with Crippen LogP contribution in [0, 0.1) is 0 Å². The Morgan fingerprint density at radius 3 is 2.10 bits per heavy atom. The van der Waals surface area contributed by atoms with Crippen molar-refractivity contribution in [2.45, 2.75) is 20.1 Å². The number of hydrogen-bond acceptors (Lipinski definition) is 2. The highest BCUT2D eigenvalue weighted by atomic mass is 79.9. The fraction of sp³-hybridized carbons (Fsp3) is 0.714. The lowest BCUT2D eigenvalue weighted by molar-refractivity contribution is -0.103. The van der Waals surface area contributed by atoms with E-state index in [0.29, 0.717) is 13.2 Å². The Hall–Kier alpha value is 0.140. The minimum absolute atomic E-state index is 0.200. The molecule has 0 aromatic rings. The molecule has 0 aromatic heterocycles. The number of ether oxygens (including phenoxy) is 2. The summed E-state index contributed by atoms with van der Waals surface area (Å²) >= 11 is 3.15. The molecule has 0 rings (SSSR count). The van der Waals surface area contributed by atoms with E-state index < -0.39 is 0 Å². The van der Waals surface area contributed by atoms with E-state index >= 15 is 0 Å². The predicted molar refractivity (Wildman–Crippen MR) is 45.1 cm³/mol. The molecule has 0 aliphatic rings. The van der Waals surface area contributed by atoms with E-state index in [0.717, 1.165) is 0 Å². The molecule has 60 valence electrons. The van der Waals surface area contributed by atoms with Crippen LogP contribution in [0.1, 0.15) is 13.8 Å². The molecule has 0 heterocycles. The van der Waals surface area contributed by atoms with Gasteiger partial charge >= 0.3 is 0 Å². The third kappa shape index (κ3) is 4.97. The van der Waals surface area contributed by atoms with Crippen LogP contribution >= 0.6 is 15.9 Å². The summed E-state index contributed by atoms with van der Waals surface area (Å²) in [6, 6.07) is 0. The van der Waals surface area contributed by atoms with Crippen molar-refractivity contribution < 1.29 is 9.47 Å². The molecule has 0 radical (unpaired) electrons. The van der Waals surface area contributed by atoms with Gasteiger partial charge in [0.1, 0.15) is 0 Å². The molecule has 2 nitrogen and oxygen atoms in total. The highest BCUT2D eigenvalue weighted by molar-refractivity contribution is 9.11. The lowest BCUT2D eigenvalue weighted by Gasteiger charge is -2.11. The average Bonchev–Trinajstić information content (AvgIpc) is 1.90. The third-order valence-electron chi connectivity index (χ3n) is 0.892. The highest BCUT2D eigenvalue weighted by Crippen LogP contribution is 1.98. The summed E-state index contributed by atoms with van der Waals surface area (Å²) < 4.78 is 10.4. The molecule has 0 spiro atoms. The molecule has 10 heavy (non-hydrogen) atoms. The SMILES string of the molecule is CCOC(/C=C\Br)OCC. The van der Waals surface area contributed by atoms with E-state index in [4.69, 9.17) is 9.47 Å². The summed E-state index contributed by atoms with van der Waals surface area (Å²) in [5, 5.41) is 0. The monoisotopic (exact) mass is 208 g/mol. The first kappa shape index (κ1) is 10.1. The lowest BCUT2D eigenvalue weighted by atomic mass is 10.6. The topological polar surface area (TPSA) is 18.5 Å². The Morgan fingerprint density at radius 1 is 1.30 bits per heavy atom. The van der Waals surface area contributed by atoms with Crippen LogP contribution < -0.4 is 0 Å². The standard InChI is InChI=1S/C7H13BrO2/c1-3-9-7(5-6-8)10-4-2/h5-7H,3-4H2,1-2H3/b6-5-. The van der Waals surface area contributed by atoms with Crippen LogP contribution in [0.25, 0.3) is 0 Å². The van der Waals surface area contributed by atoms with Crippen LogP contribution in [0.2, 0.25) is 0 Å². The first-order chi connectivity index (χ1) is 4.85. The average molecular weight is 209 g/mol. The van der Waals surface area contributed by atoms with Gasteiger partial charge in [0.15, 0.2) is 6.29 Å². The van der Waals surface area contributed by atoms with Gasteiger partial charge in [-0.2, -0.15) is 0 Å². The maximum Gasteiger partial charge on any atom is 0.177 e. The summed E-state index contributed by atoms with van der Waals surface area (Å²) in [5.41, 5.74) is 0. The minimum atomic E-state index is -0.200. The van der Waals surface area contributed by atoms with Gasteiger partial charge in [-0.05, 0) is 24.9 Å². The van der Waals surface area contributed by atoms with Gasteiger partial charge in [-0.1, -0.05) is 15.9 Å². The number of hydrogen-bond donors (Lipinski definition) is 0. The molecule has 0 N–H and O–H groups in total. The van der Waals surface area contributed by atoms with Gasteiger partial charge in [-0.3, -0.25) is 0 Å². The van der Waals surface area contributed by atoms with Gasteiger partial charge in [0, 0.05) is 13.2 Å². The molecule has 0 saturated carbocycles. The van der Waals surface area contributed by atoms with Crippen molar-refractivity contribution in [2.75, 3.05) is 13.2 Å². The first-order valence-corrected chi connectivity index (χ1v) is 4.26. The smallest absolute Gasteiger partial charge is 0.177 e. The molecule has 0 amide bonds. The highest BCUT2D eigenvalue weighted by Gasteiger charge is 1.99. The summed E-state index contributed by atoms with van der Waals surface area (Å²) in [7, 11) is 0. The van der Waals surface area contributed by atoms with Gasteiger partial charge < -0.3 is 9.47 Å². The van der Waals surface area contributed by atoms with Gasteiger partial charge in [0.05, 0.1) is 0 Å². The lowest BCUT2D eigenvalue weighted by Crippen LogP contribution is -2.13. The summed E-state index contributed by atoms with van der Waals surface area (Å²) in [6.45, 7) is 5.21. The maximum absolute atomic E-state index is 5.18. The van der Waals surface area contributed by atoms with E-state index in [1.54, 1.807) is 4.99 Å². The molecule has 0 fully saturated rings. The van der Waals surface area contributed by atoms with Crippen LogP contribution in [0.4, 0.5) is 0 Å². The second kappa shape index (κ2) is 7.25. The molecule has 3 heteroatoms. The summed E-state index contributed by atoms with van der Waals surface area (Å²) in [5.74, 6) is 0. The molecule has 0 atom stereocenters. The van der Waals surface area contributed by atoms with Crippen molar-refractivity contribution >= 4 is 15.9 Å². The van der Waals surface area contributed by atoms with Crippen molar-refractivity contribution in [3.63, 3.8) is 0 Å². The molecular weight excluding hydrogens is 196 g/mol. The summed E-state index contributed by atoms with van der Waals surface area (Å²) in [6.07, 6.45) is 1.61. The van der Waals surface area contributed by atoms with Gasteiger partial charge in [0.25, 0.3) is 0 Å². The Balaban J connectivity index is 3.50. The third-order valence-corrected chi connectivity index (χ3v) is 1.20. The van der Waals surface area contributed by atoms with Crippen molar-refractivity contribution in [3.8, 4) is 0 Å². The van der Waals surface area contributed by atoms with Gasteiger partial charge in [0.2, 0.25) is 0 Å². The van der Waals surface area contributed by atoms with Crippen LogP contribution in [0.3, 0.4) is 0 Å². The van der Waals surface area contributed by atoms with E-state index in [-0.39, 0.29) is 6.29 Å². The normalized spacial score (nSPS) is 11.6. The van der Waals surface area contributed by atoms with Crippen molar-refractivity contribution in [2.24, 2.45) is 0 Å². The molecule has 0 bridgehead atoms.